The predicted molar refractivity (Wildman–Crippen MR) is 94.2 cm³/mol. The molecule has 2 aliphatic heterocycles. The lowest BCUT2D eigenvalue weighted by Gasteiger charge is -2.23. The largest absolute Gasteiger partial charge is 0.382 e. The number of halogens is 1. The van der Waals surface area contributed by atoms with Gasteiger partial charge < -0.3 is 19.8 Å². The fourth-order valence-corrected chi connectivity index (χ4v) is 3.33. The monoisotopic (exact) mass is 396 g/mol. The highest BCUT2D eigenvalue weighted by atomic mass is 79.9. The van der Waals surface area contributed by atoms with Crippen molar-refractivity contribution in [3.05, 3.63) is 34.3 Å². The van der Waals surface area contributed by atoms with Crippen molar-refractivity contribution in [1.82, 2.24) is 5.32 Å². The summed E-state index contributed by atoms with van der Waals surface area (Å²) in [6, 6.07) is 7.86. The lowest BCUT2D eigenvalue weighted by Crippen LogP contribution is -3.14. The van der Waals surface area contributed by atoms with Gasteiger partial charge in [0.05, 0.1) is 25.5 Å². The molecule has 130 valence electrons. The van der Waals surface area contributed by atoms with Gasteiger partial charge in [0.15, 0.2) is 0 Å². The van der Waals surface area contributed by atoms with E-state index in [-0.39, 0.29) is 5.91 Å². The number of morpholine rings is 1. The minimum atomic E-state index is -0.519. The molecular formula is C17H23BrN3O3+. The standard InChI is InChI=1S/C17H22BrN3O3/c18-14-4-1-3-13(11-14)15-12-16(24-20-15)17(22)19-5-2-6-21-7-9-23-10-8-21/h1,3-4,11,16H,2,5-10,12H2,(H,19,22)/p+1/t16-/m0/s1. The van der Waals surface area contributed by atoms with Crippen molar-refractivity contribution in [2.75, 3.05) is 39.4 Å². The first-order valence-corrected chi connectivity index (χ1v) is 9.19. The molecular weight excluding hydrogens is 374 g/mol. The summed E-state index contributed by atoms with van der Waals surface area (Å²) in [7, 11) is 0. The SMILES string of the molecule is O=C(NCCC[NH+]1CCOCC1)[C@@H]1CC(c2cccc(Br)c2)=NO1. The second-order valence-electron chi connectivity index (χ2n) is 6.10. The molecule has 0 bridgehead atoms. The van der Waals surface area contributed by atoms with Crippen LogP contribution in [0.15, 0.2) is 33.9 Å². The number of rotatable bonds is 6. The van der Waals surface area contributed by atoms with Gasteiger partial charge in [-0.1, -0.05) is 33.2 Å². The lowest BCUT2D eigenvalue weighted by molar-refractivity contribution is -0.908. The van der Waals surface area contributed by atoms with Crippen LogP contribution in [-0.2, 0) is 14.4 Å². The Balaban J connectivity index is 1.37. The summed E-state index contributed by atoms with van der Waals surface area (Å²) >= 11 is 3.44. The highest BCUT2D eigenvalue weighted by Gasteiger charge is 2.28. The van der Waals surface area contributed by atoms with Crippen molar-refractivity contribution >= 4 is 27.5 Å². The number of ether oxygens (including phenoxy) is 1. The molecule has 1 amide bonds. The first-order chi connectivity index (χ1) is 11.7. The Morgan fingerprint density at radius 2 is 2.21 bits per heavy atom. The number of hydrogen-bond acceptors (Lipinski definition) is 4. The number of benzene rings is 1. The highest BCUT2D eigenvalue weighted by molar-refractivity contribution is 9.10. The van der Waals surface area contributed by atoms with E-state index in [2.05, 4.69) is 26.4 Å². The van der Waals surface area contributed by atoms with Crippen molar-refractivity contribution in [3.63, 3.8) is 0 Å². The third kappa shape index (κ3) is 4.78. The normalized spacial score (nSPS) is 21.2. The van der Waals surface area contributed by atoms with Crippen LogP contribution in [0, 0.1) is 0 Å². The van der Waals surface area contributed by atoms with Gasteiger partial charge in [0.2, 0.25) is 6.10 Å². The molecule has 7 heteroatoms. The van der Waals surface area contributed by atoms with Gasteiger partial charge in [-0.15, -0.1) is 0 Å². The predicted octanol–water partition coefficient (Wildman–Crippen LogP) is 0.364. The minimum absolute atomic E-state index is 0.0827. The zero-order valence-electron chi connectivity index (χ0n) is 13.6. The number of nitrogens with zero attached hydrogens (tertiary/aromatic N) is 1. The third-order valence-corrected chi connectivity index (χ3v) is 4.82. The molecule has 0 aromatic heterocycles. The number of carbonyl (C=O) groups excluding carboxylic acids is 1. The second kappa shape index (κ2) is 8.60. The van der Waals surface area contributed by atoms with Crippen LogP contribution in [0.3, 0.4) is 0 Å². The molecule has 6 nitrogen and oxygen atoms in total. The number of hydrogen-bond donors (Lipinski definition) is 2. The van der Waals surface area contributed by atoms with Crippen LogP contribution in [0.4, 0.5) is 0 Å². The van der Waals surface area contributed by atoms with Crippen LogP contribution in [0.5, 0.6) is 0 Å². The summed E-state index contributed by atoms with van der Waals surface area (Å²) in [5.41, 5.74) is 1.80. The summed E-state index contributed by atoms with van der Waals surface area (Å²) in [5.74, 6) is -0.0827. The molecule has 1 fully saturated rings. The quantitative estimate of drug-likeness (QED) is 0.682. The van der Waals surface area contributed by atoms with Gasteiger partial charge in [-0.25, -0.2) is 0 Å². The molecule has 3 rings (SSSR count). The first kappa shape index (κ1) is 17.4. The Kier molecular flexibility index (Phi) is 6.23. The van der Waals surface area contributed by atoms with Crippen molar-refractivity contribution in [3.8, 4) is 0 Å². The maximum absolute atomic E-state index is 12.2. The smallest absolute Gasteiger partial charge is 0.264 e. The lowest BCUT2D eigenvalue weighted by atomic mass is 10.0. The number of carbonyl (C=O) groups is 1. The number of oxime groups is 1. The van der Waals surface area contributed by atoms with E-state index >= 15 is 0 Å². The summed E-state index contributed by atoms with van der Waals surface area (Å²) in [6.07, 6.45) is 0.958. The van der Waals surface area contributed by atoms with E-state index in [0.717, 1.165) is 55.0 Å². The molecule has 0 saturated carbocycles. The molecule has 2 aliphatic rings. The molecule has 0 unspecified atom stereocenters. The summed E-state index contributed by atoms with van der Waals surface area (Å²) in [5, 5.41) is 7.02. The van der Waals surface area contributed by atoms with E-state index in [0.29, 0.717) is 13.0 Å². The Labute approximate surface area is 150 Å². The van der Waals surface area contributed by atoms with Crippen LogP contribution < -0.4 is 10.2 Å². The topological polar surface area (TPSA) is 64.4 Å². The van der Waals surface area contributed by atoms with E-state index in [1.54, 1.807) is 4.90 Å². The fourth-order valence-electron chi connectivity index (χ4n) is 2.93. The van der Waals surface area contributed by atoms with Crippen molar-refractivity contribution in [1.29, 1.82) is 0 Å². The highest BCUT2D eigenvalue weighted by Crippen LogP contribution is 2.19. The Bertz CT molecular complexity index is 602. The maximum Gasteiger partial charge on any atom is 0.264 e. The van der Waals surface area contributed by atoms with Gasteiger partial charge in [0.25, 0.3) is 5.91 Å². The summed E-state index contributed by atoms with van der Waals surface area (Å²) in [6.45, 7) is 5.54. The van der Waals surface area contributed by atoms with Crippen LogP contribution in [0.25, 0.3) is 0 Å². The molecule has 0 aliphatic carbocycles. The average molecular weight is 397 g/mol. The van der Waals surface area contributed by atoms with Crippen LogP contribution in [-0.4, -0.2) is 57.1 Å². The Morgan fingerprint density at radius 3 is 3.00 bits per heavy atom. The van der Waals surface area contributed by atoms with Gasteiger partial charge in [0, 0.05) is 29.4 Å². The third-order valence-electron chi connectivity index (χ3n) is 4.33. The fraction of sp³-hybridized carbons (Fsp3) is 0.529. The molecule has 1 aromatic carbocycles. The molecule has 1 atom stereocenters. The molecule has 0 spiro atoms. The maximum atomic E-state index is 12.2. The van der Waals surface area contributed by atoms with Gasteiger partial charge >= 0.3 is 0 Å². The van der Waals surface area contributed by atoms with Crippen LogP contribution in [0.1, 0.15) is 18.4 Å². The number of amides is 1. The summed E-state index contributed by atoms with van der Waals surface area (Å²) < 4.78 is 6.33. The molecule has 0 radical (unpaired) electrons. The molecule has 1 saturated heterocycles. The second-order valence-corrected chi connectivity index (χ2v) is 7.02. The van der Waals surface area contributed by atoms with Crippen LogP contribution in [0.2, 0.25) is 0 Å². The van der Waals surface area contributed by atoms with E-state index in [1.807, 2.05) is 24.3 Å². The number of nitrogens with one attached hydrogen (secondary N) is 2. The molecule has 2 N–H and O–H groups in total. The molecule has 1 aromatic rings. The Morgan fingerprint density at radius 1 is 1.38 bits per heavy atom. The van der Waals surface area contributed by atoms with Crippen molar-refractivity contribution in [2.45, 2.75) is 18.9 Å². The van der Waals surface area contributed by atoms with Gasteiger partial charge in [-0.3, -0.25) is 4.79 Å². The zero-order valence-corrected chi connectivity index (χ0v) is 15.2. The van der Waals surface area contributed by atoms with E-state index in [1.165, 1.54) is 0 Å². The Hall–Kier alpha value is -1.44. The average Bonchev–Trinajstić information content (AvgIpc) is 3.10. The van der Waals surface area contributed by atoms with Gasteiger partial charge in [-0.05, 0) is 12.1 Å². The van der Waals surface area contributed by atoms with Crippen molar-refractivity contribution < 1.29 is 19.3 Å². The van der Waals surface area contributed by atoms with Crippen molar-refractivity contribution in [2.24, 2.45) is 5.16 Å². The van der Waals surface area contributed by atoms with Gasteiger partial charge in [-0.2, -0.15) is 0 Å². The molecule has 2 heterocycles. The van der Waals surface area contributed by atoms with E-state index < -0.39 is 6.10 Å². The van der Waals surface area contributed by atoms with Gasteiger partial charge in [0.1, 0.15) is 13.1 Å². The van der Waals surface area contributed by atoms with E-state index in [4.69, 9.17) is 9.57 Å². The molecule has 24 heavy (non-hydrogen) atoms. The first-order valence-electron chi connectivity index (χ1n) is 8.40. The van der Waals surface area contributed by atoms with E-state index in [9.17, 15) is 4.79 Å². The zero-order chi connectivity index (χ0) is 16.8. The number of quaternary nitrogens is 1. The minimum Gasteiger partial charge on any atom is -0.382 e. The summed E-state index contributed by atoms with van der Waals surface area (Å²) in [4.78, 5) is 19.1. The van der Waals surface area contributed by atoms with Crippen LogP contribution >= 0.6 is 15.9 Å².